The predicted molar refractivity (Wildman–Crippen MR) is 122 cm³/mol. The largest absolute Gasteiger partial charge is 0.335 e. The summed E-state index contributed by atoms with van der Waals surface area (Å²) in [5.74, 6) is 0.168. The fraction of sp³-hybridized carbons (Fsp3) is 0.500. The molecule has 1 aliphatic heterocycles. The van der Waals surface area contributed by atoms with Crippen molar-refractivity contribution in [1.82, 2.24) is 9.80 Å². The molecule has 6 heteroatoms. The Hall–Kier alpha value is -2.18. The van der Waals surface area contributed by atoms with E-state index in [1.54, 1.807) is 11.3 Å². The van der Waals surface area contributed by atoms with E-state index in [9.17, 15) is 9.59 Å². The van der Waals surface area contributed by atoms with Crippen LogP contribution in [0.25, 0.3) is 0 Å². The van der Waals surface area contributed by atoms with Gasteiger partial charge in [0.05, 0.1) is 11.4 Å². The molecule has 0 saturated carbocycles. The number of hydrogen-bond donors (Lipinski definition) is 1. The average Bonchev–Trinajstić information content (AvgIpc) is 3.01. The highest BCUT2D eigenvalue weighted by Gasteiger charge is 2.25. The zero-order valence-electron chi connectivity index (χ0n) is 18.0. The summed E-state index contributed by atoms with van der Waals surface area (Å²) < 4.78 is 0. The zero-order valence-corrected chi connectivity index (χ0v) is 18.8. The summed E-state index contributed by atoms with van der Waals surface area (Å²) in [6.45, 7) is 7.21. The number of fused-ring (bicyclic) bond motifs is 1. The van der Waals surface area contributed by atoms with E-state index in [2.05, 4.69) is 16.3 Å². The van der Waals surface area contributed by atoms with Crippen molar-refractivity contribution in [3.63, 3.8) is 0 Å². The van der Waals surface area contributed by atoms with Crippen LogP contribution in [0.5, 0.6) is 0 Å². The Morgan fingerprint density at radius 2 is 1.70 bits per heavy atom. The van der Waals surface area contributed by atoms with Crippen molar-refractivity contribution in [2.75, 3.05) is 38.0 Å². The van der Waals surface area contributed by atoms with Gasteiger partial charge in [0.25, 0.3) is 5.91 Å². The van der Waals surface area contributed by atoms with E-state index in [0.29, 0.717) is 19.6 Å². The van der Waals surface area contributed by atoms with Crippen LogP contribution in [0.2, 0.25) is 0 Å². The molecule has 2 heterocycles. The quantitative estimate of drug-likeness (QED) is 0.753. The van der Waals surface area contributed by atoms with E-state index in [1.165, 1.54) is 29.7 Å². The number of piperazine rings is 1. The molecule has 1 fully saturated rings. The van der Waals surface area contributed by atoms with E-state index < -0.39 is 0 Å². The van der Waals surface area contributed by atoms with Crippen molar-refractivity contribution >= 4 is 28.8 Å². The number of aryl methyl sites for hydroxylation is 4. The van der Waals surface area contributed by atoms with Crippen molar-refractivity contribution in [2.24, 2.45) is 0 Å². The Morgan fingerprint density at radius 3 is 2.43 bits per heavy atom. The normalized spacial score (nSPS) is 17.3. The first kappa shape index (κ1) is 21.1. The minimum atomic E-state index is 0.00849. The molecule has 1 aliphatic carbocycles. The fourth-order valence-corrected chi connectivity index (χ4v) is 5.65. The van der Waals surface area contributed by atoms with Gasteiger partial charge in [0.15, 0.2) is 0 Å². The van der Waals surface area contributed by atoms with Gasteiger partial charge in [-0.3, -0.25) is 14.5 Å². The third kappa shape index (κ3) is 4.76. The summed E-state index contributed by atoms with van der Waals surface area (Å²) in [6, 6.07) is 8.16. The van der Waals surface area contributed by atoms with Gasteiger partial charge in [0.1, 0.15) is 0 Å². The summed E-state index contributed by atoms with van der Waals surface area (Å²) in [5.41, 5.74) is 4.46. The molecule has 0 radical (unpaired) electrons. The number of hydrogen-bond acceptors (Lipinski definition) is 4. The first-order valence-corrected chi connectivity index (χ1v) is 11.8. The SMILES string of the molecule is Cc1cccc(C)c1NC(=O)CN1CCN(C(=O)c2cc3c(s2)CCCCC3)CC1. The summed E-state index contributed by atoms with van der Waals surface area (Å²) in [6.07, 6.45) is 6.01. The van der Waals surface area contributed by atoms with Crippen LogP contribution in [0.3, 0.4) is 0 Å². The van der Waals surface area contributed by atoms with Crippen LogP contribution in [0, 0.1) is 13.8 Å². The Morgan fingerprint density at radius 1 is 1.00 bits per heavy atom. The Kier molecular flexibility index (Phi) is 6.54. The molecule has 1 aromatic carbocycles. The number of anilines is 1. The summed E-state index contributed by atoms with van der Waals surface area (Å²) in [7, 11) is 0. The van der Waals surface area contributed by atoms with Crippen LogP contribution in [0.4, 0.5) is 5.69 Å². The molecular formula is C24H31N3O2S. The third-order valence-electron chi connectivity index (χ3n) is 6.23. The molecule has 1 aromatic heterocycles. The molecule has 2 amide bonds. The van der Waals surface area contributed by atoms with Gasteiger partial charge in [-0.2, -0.15) is 0 Å². The molecule has 30 heavy (non-hydrogen) atoms. The zero-order chi connectivity index (χ0) is 21.1. The lowest BCUT2D eigenvalue weighted by molar-refractivity contribution is -0.117. The van der Waals surface area contributed by atoms with E-state index in [0.717, 1.165) is 47.6 Å². The highest BCUT2D eigenvalue weighted by atomic mass is 32.1. The lowest BCUT2D eigenvalue weighted by atomic mass is 10.1. The van der Waals surface area contributed by atoms with Crippen LogP contribution in [-0.4, -0.2) is 54.3 Å². The molecule has 0 unspecified atom stereocenters. The second kappa shape index (κ2) is 9.31. The Bertz CT molecular complexity index is 885. The number of nitrogens with zero attached hydrogens (tertiary/aromatic N) is 2. The average molecular weight is 426 g/mol. The maximum absolute atomic E-state index is 13.0. The molecule has 0 bridgehead atoms. The monoisotopic (exact) mass is 425 g/mol. The highest BCUT2D eigenvalue weighted by molar-refractivity contribution is 7.14. The topological polar surface area (TPSA) is 52.7 Å². The van der Waals surface area contributed by atoms with Crippen molar-refractivity contribution in [1.29, 1.82) is 0 Å². The number of benzene rings is 1. The first-order chi connectivity index (χ1) is 14.5. The molecule has 0 atom stereocenters. The van der Waals surface area contributed by atoms with Gasteiger partial charge in [-0.15, -0.1) is 11.3 Å². The maximum Gasteiger partial charge on any atom is 0.264 e. The van der Waals surface area contributed by atoms with Crippen molar-refractivity contribution in [3.8, 4) is 0 Å². The van der Waals surface area contributed by atoms with Crippen LogP contribution >= 0.6 is 11.3 Å². The highest BCUT2D eigenvalue weighted by Crippen LogP contribution is 2.30. The molecule has 4 rings (SSSR count). The number of thiophene rings is 1. The van der Waals surface area contributed by atoms with Crippen molar-refractivity contribution in [2.45, 2.75) is 46.0 Å². The van der Waals surface area contributed by atoms with Crippen LogP contribution in [-0.2, 0) is 17.6 Å². The van der Waals surface area contributed by atoms with Crippen molar-refractivity contribution in [3.05, 3.63) is 50.7 Å². The van der Waals surface area contributed by atoms with E-state index in [1.807, 2.05) is 36.9 Å². The molecule has 2 aromatic rings. The summed E-state index contributed by atoms with van der Waals surface area (Å²) in [5, 5.41) is 3.06. The summed E-state index contributed by atoms with van der Waals surface area (Å²) in [4.78, 5) is 31.9. The molecule has 1 saturated heterocycles. The second-order valence-corrected chi connectivity index (χ2v) is 9.64. The molecular weight excluding hydrogens is 394 g/mol. The van der Waals surface area contributed by atoms with Gasteiger partial charge in [-0.05, 0) is 62.3 Å². The second-order valence-electron chi connectivity index (χ2n) is 8.50. The number of carbonyl (C=O) groups is 2. The summed E-state index contributed by atoms with van der Waals surface area (Å²) >= 11 is 1.70. The van der Waals surface area contributed by atoms with E-state index in [-0.39, 0.29) is 11.8 Å². The van der Waals surface area contributed by atoms with Gasteiger partial charge >= 0.3 is 0 Å². The Labute approximate surface area is 183 Å². The molecule has 2 aliphatic rings. The van der Waals surface area contributed by atoms with Crippen LogP contribution < -0.4 is 5.32 Å². The lowest BCUT2D eigenvalue weighted by Gasteiger charge is -2.34. The predicted octanol–water partition coefficient (Wildman–Crippen LogP) is 4.03. The minimum absolute atomic E-state index is 0.00849. The van der Waals surface area contributed by atoms with Crippen LogP contribution in [0.15, 0.2) is 24.3 Å². The van der Waals surface area contributed by atoms with Crippen LogP contribution in [0.1, 0.15) is 50.5 Å². The number of amides is 2. The maximum atomic E-state index is 13.0. The first-order valence-electron chi connectivity index (χ1n) is 11.0. The van der Waals surface area contributed by atoms with Gasteiger partial charge < -0.3 is 10.2 Å². The van der Waals surface area contributed by atoms with Gasteiger partial charge in [-0.25, -0.2) is 0 Å². The molecule has 5 nitrogen and oxygen atoms in total. The third-order valence-corrected chi connectivity index (χ3v) is 7.45. The molecule has 1 N–H and O–H groups in total. The number of carbonyl (C=O) groups excluding carboxylic acids is 2. The standard InChI is InChI=1S/C24H31N3O2S/c1-17-7-6-8-18(2)23(17)25-22(28)16-26-11-13-27(14-12-26)24(29)21-15-19-9-4-3-5-10-20(19)30-21/h6-8,15H,3-5,9-14,16H2,1-2H3,(H,25,28). The van der Waals surface area contributed by atoms with E-state index >= 15 is 0 Å². The number of rotatable bonds is 4. The van der Waals surface area contributed by atoms with Crippen molar-refractivity contribution < 1.29 is 9.59 Å². The molecule has 0 spiro atoms. The van der Waals surface area contributed by atoms with Gasteiger partial charge in [-0.1, -0.05) is 24.6 Å². The Balaban J connectivity index is 1.29. The number of nitrogens with one attached hydrogen (secondary N) is 1. The molecule has 160 valence electrons. The van der Waals surface area contributed by atoms with E-state index in [4.69, 9.17) is 0 Å². The lowest BCUT2D eigenvalue weighted by Crippen LogP contribution is -2.50. The van der Waals surface area contributed by atoms with Gasteiger partial charge in [0, 0.05) is 36.7 Å². The minimum Gasteiger partial charge on any atom is -0.335 e. The van der Waals surface area contributed by atoms with Gasteiger partial charge in [0.2, 0.25) is 5.91 Å². The number of para-hydroxylation sites is 1. The fourth-order valence-electron chi connectivity index (χ4n) is 4.43. The smallest absolute Gasteiger partial charge is 0.264 e.